The number of piperidine rings is 1. The summed E-state index contributed by atoms with van der Waals surface area (Å²) in [6.45, 7) is 1.23. The zero-order valence-electron chi connectivity index (χ0n) is 4.41. The van der Waals surface area contributed by atoms with E-state index in [-0.39, 0.29) is 0 Å². The van der Waals surface area contributed by atoms with Crippen LogP contribution < -0.4 is 5.32 Å². The van der Waals surface area contributed by atoms with E-state index in [0.717, 1.165) is 6.04 Å². The van der Waals surface area contributed by atoms with E-state index < -0.39 is 0 Å². The second-order valence-electron chi connectivity index (χ2n) is 2.57. The Kier molecular flexibility index (Phi) is 0.680. The fraction of sp³-hybridized carbons (Fsp3) is 0.833. The van der Waals surface area contributed by atoms with Crippen molar-refractivity contribution in [2.75, 3.05) is 6.54 Å². The van der Waals surface area contributed by atoms with E-state index in [1.165, 1.54) is 25.8 Å². The lowest BCUT2D eigenvalue weighted by molar-refractivity contribution is 0.567. The summed E-state index contributed by atoms with van der Waals surface area (Å²) >= 11 is 0. The third-order valence-electron chi connectivity index (χ3n) is 2.02. The molecule has 1 heteroatoms. The summed E-state index contributed by atoms with van der Waals surface area (Å²) in [5.74, 6) is 1.75. The maximum atomic E-state index is 3.42. The van der Waals surface area contributed by atoms with Crippen LogP contribution in [0, 0.1) is 5.92 Å². The number of nitrogens with one attached hydrogen (secondary N) is 1. The molecule has 1 N–H and O–H groups in total. The first-order valence-corrected chi connectivity index (χ1v) is 3.02. The lowest BCUT2D eigenvalue weighted by atomic mass is 10.1. The van der Waals surface area contributed by atoms with Gasteiger partial charge in [0.25, 0.3) is 0 Å². The monoisotopic (exact) mass is 96.1 g/mol. The van der Waals surface area contributed by atoms with E-state index in [1.807, 2.05) is 0 Å². The molecule has 1 atom stereocenters. The Balaban J connectivity index is 2.12. The Morgan fingerprint density at radius 2 is 2.57 bits per heavy atom. The molecule has 1 radical (unpaired) electrons. The number of hydrogen-bond acceptors (Lipinski definition) is 1. The first-order chi connectivity index (χ1) is 3.45. The van der Waals surface area contributed by atoms with Gasteiger partial charge in [-0.15, -0.1) is 0 Å². The molecule has 1 nitrogen and oxygen atoms in total. The molecular weight excluding hydrogens is 86.1 g/mol. The minimum Gasteiger partial charge on any atom is -0.313 e. The Bertz CT molecular complexity index is 62.2. The van der Waals surface area contributed by atoms with Crippen molar-refractivity contribution in [3.05, 3.63) is 5.92 Å². The minimum atomic E-state index is 0.884. The van der Waals surface area contributed by atoms with Crippen molar-refractivity contribution in [3.8, 4) is 0 Å². The van der Waals surface area contributed by atoms with Crippen LogP contribution in [0.15, 0.2) is 0 Å². The lowest BCUT2D eigenvalue weighted by Crippen LogP contribution is -2.23. The van der Waals surface area contributed by atoms with Gasteiger partial charge in [0.05, 0.1) is 0 Å². The van der Waals surface area contributed by atoms with Crippen LogP contribution in [0.25, 0.3) is 0 Å². The topological polar surface area (TPSA) is 12.0 Å². The summed E-state index contributed by atoms with van der Waals surface area (Å²) in [6, 6.07) is 0.884. The van der Waals surface area contributed by atoms with E-state index in [2.05, 4.69) is 5.32 Å². The van der Waals surface area contributed by atoms with Gasteiger partial charge in [-0.3, -0.25) is 0 Å². The molecule has 7 heavy (non-hydrogen) atoms. The molecule has 39 valence electrons. The Morgan fingerprint density at radius 1 is 1.57 bits per heavy atom. The summed E-state index contributed by atoms with van der Waals surface area (Å²) in [5.41, 5.74) is 0. The van der Waals surface area contributed by atoms with Crippen molar-refractivity contribution in [1.82, 2.24) is 5.32 Å². The van der Waals surface area contributed by atoms with Crippen molar-refractivity contribution >= 4 is 0 Å². The van der Waals surface area contributed by atoms with Crippen LogP contribution in [0.4, 0.5) is 0 Å². The Hall–Kier alpha value is -0.0400. The summed E-state index contributed by atoms with van der Waals surface area (Å²) in [5, 5.41) is 3.42. The van der Waals surface area contributed by atoms with Crippen molar-refractivity contribution in [2.24, 2.45) is 0 Å². The van der Waals surface area contributed by atoms with Gasteiger partial charge in [0.1, 0.15) is 0 Å². The molecule has 2 fully saturated rings. The standard InChI is InChI=1S/C6H10N/c1-2-6-3-5(1)4-7-6/h6-7H,1-4H2. The van der Waals surface area contributed by atoms with Crippen LogP contribution in [0.2, 0.25) is 0 Å². The third kappa shape index (κ3) is 0.480. The van der Waals surface area contributed by atoms with Gasteiger partial charge in [-0.05, 0) is 25.2 Å². The molecule has 1 aliphatic carbocycles. The zero-order chi connectivity index (χ0) is 4.69. The molecule has 0 spiro atoms. The second kappa shape index (κ2) is 1.22. The quantitative estimate of drug-likeness (QED) is 0.468. The van der Waals surface area contributed by atoms with Gasteiger partial charge in [0.15, 0.2) is 0 Å². The lowest BCUT2D eigenvalue weighted by Gasteiger charge is -2.07. The van der Waals surface area contributed by atoms with Crippen molar-refractivity contribution in [1.29, 1.82) is 0 Å². The van der Waals surface area contributed by atoms with Gasteiger partial charge < -0.3 is 5.32 Å². The van der Waals surface area contributed by atoms with Gasteiger partial charge in [0.2, 0.25) is 0 Å². The van der Waals surface area contributed by atoms with E-state index in [0.29, 0.717) is 0 Å². The van der Waals surface area contributed by atoms with E-state index in [9.17, 15) is 0 Å². The van der Waals surface area contributed by atoms with Crippen LogP contribution in [0.3, 0.4) is 0 Å². The number of fused-ring (bicyclic) bond motifs is 2. The number of rotatable bonds is 0. The molecule has 2 rings (SSSR count). The predicted octanol–water partition coefficient (Wildman–Crippen LogP) is 0.717. The molecule has 0 amide bonds. The van der Waals surface area contributed by atoms with Crippen LogP contribution in [-0.4, -0.2) is 12.6 Å². The van der Waals surface area contributed by atoms with E-state index >= 15 is 0 Å². The molecule has 1 saturated heterocycles. The highest BCUT2D eigenvalue weighted by molar-refractivity contribution is 5.09. The Morgan fingerprint density at radius 3 is 2.71 bits per heavy atom. The third-order valence-corrected chi connectivity index (χ3v) is 2.02. The molecule has 2 bridgehead atoms. The highest BCUT2D eigenvalue weighted by atomic mass is 15.0. The minimum absolute atomic E-state index is 0.884. The Labute approximate surface area is 44.1 Å². The normalized spacial score (nSPS) is 40.3. The molecular formula is C6H10N. The molecule has 1 aliphatic heterocycles. The maximum absolute atomic E-state index is 3.42. The van der Waals surface area contributed by atoms with Gasteiger partial charge in [-0.1, -0.05) is 0 Å². The van der Waals surface area contributed by atoms with Gasteiger partial charge >= 0.3 is 0 Å². The van der Waals surface area contributed by atoms with Crippen molar-refractivity contribution in [3.63, 3.8) is 0 Å². The highest BCUT2D eigenvalue weighted by Crippen LogP contribution is 2.31. The molecule has 2 aliphatic rings. The maximum Gasteiger partial charge on any atom is 0.00734 e. The summed E-state index contributed by atoms with van der Waals surface area (Å²) in [7, 11) is 0. The van der Waals surface area contributed by atoms with Crippen LogP contribution in [0.5, 0.6) is 0 Å². The van der Waals surface area contributed by atoms with Gasteiger partial charge in [-0.25, -0.2) is 0 Å². The van der Waals surface area contributed by atoms with E-state index in [4.69, 9.17) is 0 Å². The average molecular weight is 96.2 g/mol. The van der Waals surface area contributed by atoms with Crippen LogP contribution in [-0.2, 0) is 0 Å². The largest absolute Gasteiger partial charge is 0.313 e. The van der Waals surface area contributed by atoms with Crippen molar-refractivity contribution in [2.45, 2.75) is 25.3 Å². The predicted molar refractivity (Wildman–Crippen MR) is 28.9 cm³/mol. The molecule has 0 aromatic heterocycles. The van der Waals surface area contributed by atoms with Gasteiger partial charge in [0, 0.05) is 12.6 Å². The van der Waals surface area contributed by atoms with Crippen LogP contribution in [0.1, 0.15) is 19.3 Å². The summed E-state index contributed by atoms with van der Waals surface area (Å²) < 4.78 is 0. The van der Waals surface area contributed by atoms with Crippen LogP contribution >= 0.6 is 0 Å². The highest BCUT2D eigenvalue weighted by Gasteiger charge is 2.30. The second-order valence-corrected chi connectivity index (χ2v) is 2.57. The molecule has 1 heterocycles. The fourth-order valence-electron chi connectivity index (χ4n) is 1.55. The van der Waals surface area contributed by atoms with E-state index in [1.54, 1.807) is 5.92 Å². The SMILES string of the molecule is C1CC2C[C]1CN2. The molecule has 0 aromatic rings. The van der Waals surface area contributed by atoms with Crippen molar-refractivity contribution < 1.29 is 0 Å². The summed E-state index contributed by atoms with van der Waals surface area (Å²) in [4.78, 5) is 0. The fourth-order valence-corrected chi connectivity index (χ4v) is 1.55. The summed E-state index contributed by atoms with van der Waals surface area (Å²) in [6.07, 6.45) is 4.22. The zero-order valence-corrected chi connectivity index (χ0v) is 4.41. The number of hydrogen-bond donors (Lipinski definition) is 1. The molecule has 0 aromatic carbocycles. The average Bonchev–Trinajstić information content (AvgIpc) is 2.22. The molecule has 1 saturated carbocycles. The first kappa shape index (κ1) is 3.90. The van der Waals surface area contributed by atoms with Gasteiger partial charge in [-0.2, -0.15) is 0 Å². The smallest absolute Gasteiger partial charge is 0.00734 e. The first-order valence-electron chi connectivity index (χ1n) is 3.02. The molecule has 1 unspecified atom stereocenters.